The molecule has 0 saturated carbocycles. The van der Waals surface area contributed by atoms with E-state index in [1.807, 2.05) is 18.2 Å². The molecule has 1 aliphatic heterocycles. The molecule has 1 fully saturated rings. The third-order valence-corrected chi connectivity index (χ3v) is 6.87. The SMILES string of the molecule is CC[C@H](C)c1ccc(OCc2cccc(S(=O)(=O)N3CCOCC3)c2)cc1. The number of benzene rings is 2. The molecule has 0 radical (unpaired) electrons. The van der Waals surface area contributed by atoms with Gasteiger partial charge >= 0.3 is 0 Å². The number of morpholine rings is 1. The minimum atomic E-state index is -3.49. The first kappa shape index (κ1) is 19.9. The maximum atomic E-state index is 12.8. The molecule has 2 aromatic rings. The Morgan fingerprint density at radius 2 is 1.81 bits per heavy atom. The van der Waals surface area contributed by atoms with Gasteiger partial charge in [0.1, 0.15) is 12.4 Å². The number of rotatable bonds is 7. The third-order valence-electron chi connectivity index (χ3n) is 4.97. The van der Waals surface area contributed by atoms with Crippen LogP contribution in [0.2, 0.25) is 0 Å². The van der Waals surface area contributed by atoms with Crippen LogP contribution in [0.15, 0.2) is 53.4 Å². The molecule has 0 unspecified atom stereocenters. The summed E-state index contributed by atoms with van der Waals surface area (Å²) in [4.78, 5) is 0.303. The van der Waals surface area contributed by atoms with Gasteiger partial charge in [0.25, 0.3) is 0 Å². The van der Waals surface area contributed by atoms with Gasteiger partial charge in [0, 0.05) is 13.1 Å². The second-order valence-corrected chi connectivity index (χ2v) is 8.77. The van der Waals surface area contributed by atoms with Crippen molar-refractivity contribution in [3.8, 4) is 5.75 Å². The van der Waals surface area contributed by atoms with Crippen LogP contribution in [-0.4, -0.2) is 39.0 Å². The normalized spacial score (nSPS) is 16.8. The second-order valence-electron chi connectivity index (χ2n) is 6.83. The largest absolute Gasteiger partial charge is 0.489 e. The van der Waals surface area contributed by atoms with Crippen LogP contribution in [0.25, 0.3) is 0 Å². The van der Waals surface area contributed by atoms with E-state index in [1.54, 1.807) is 18.2 Å². The van der Waals surface area contributed by atoms with E-state index in [0.717, 1.165) is 17.7 Å². The number of ether oxygens (including phenoxy) is 2. The zero-order valence-electron chi connectivity index (χ0n) is 15.9. The number of hydrogen-bond acceptors (Lipinski definition) is 4. The van der Waals surface area contributed by atoms with E-state index in [0.29, 0.717) is 43.7 Å². The van der Waals surface area contributed by atoms with Gasteiger partial charge in [0.15, 0.2) is 0 Å². The van der Waals surface area contributed by atoms with Gasteiger partial charge in [-0.2, -0.15) is 4.31 Å². The van der Waals surface area contributed by atoms with Crippen molar-refractivity contribution in [1.29, 1.82) is 0 Å². The summed E-state index contributed by atoms with van der Waals surface area (Å²) in [5, 5.41) is 0. The van der Waals surface area contributed by atoms with Crippen LogP contribution < -0.4 is 4.74 Å². The molecule has 27 heavy (non-hydrogen) atoms. The Hall–Kier alpha value is -1.89. The summed E-state index contributed by atoms with van der Waals surface area (Å²) in [7, 11) is -3.49. The molecule has 0 aromatic heterocycles. The molecular formula is C21H27NO4S. The van der Waals surface area contributed by atoms with Crippen LogP contribution >= 0.6 is 0 Å². The van der Waals surface area contributed by atoms with Crippen LogP contribution in [0, 0.1) is 0 Å². The van der Waals surface area contributed by atoms with Crippen molar-refractivity contribution in [2.75, 3.05) is 26.3 Å². The Balaban J connectivity index is 1.67. The van der Waals surface area contributed by atoms with E-state index in [1.165, 1.54) is 9.87 Å². The Bertz CT molecular complexity index is 843. The van der Waals surface area contributed by atoms with Crippen LogP contribution in [0.4, 0.5) is 0 Å². The molecule has 0 N–H and O–H groups in total. The number of sulfonamides is 1. The molecule has 2 aromatic carbocycles. The summed E-state index contributed by atoms with van der Waals surface area (Å²) in [5.74, 6) is 1.31. The first-order chi connectivity index (χ1) is 13.0. The molecule has 1 aliphatic rings. The maximum Gasteiger partial charge on any atom is 0.243 e. The Labute approximate surface area is 162 Å². The van der Waals surface area contributed by atoms with E-state index < -0.39 is 10.0 Å². The molecule has 0 bridgehead atoms. The van der Waals surface area contributed by atoms with Gasteiger partial charge in [0.05, 0.1) is 18.1 Å². The van der Waals surface area contributed by atoms with Gasteiger partial charge in [-0.1, -0.05) is 38.1 Å². The van der Waals surface area contributed by atoms with Crippen LogP contribution in [-0.2, 0) is 21.4 Å². The quantitative estimate of drug-likeness (QED) is 0.723. The van der Waals surface area contributed by atoms with Gasteiger partial charge < -0.3 is 9.47 Å². The number of nitrogens with zero attached hydrogens (tertiary/aromatic N) is 1. The molecule has 3 rings (SSSR count). The fraction of sp³-hybridized carbons (Fsp3) is 0.429. The summed E-state index contributed by atoms with van der Waals surface area (Å²) < 4.78 is 38.1. The molecular weight excluding hydrogens is 362 g/mol. The highest BCUT2D eigenvalue weighted by molar-refractivity contribution is 7.89. The topological polar surface area (TPSA) is 55.8 Å². The molecule has 0 amide bonds. The molecule has 1 heterocycles. The fourth-order valence-corrected chi connectivity index (χ4v) is 4.51. The molecule has 0 spiro atoms. The lowest BCUT2D eigenvalue weighted by Gasteiger charge is -2.26. The van der Waals surface area contributed by atoms with Crippen LogP contribution in [0.5, 0.6) is 5.75 Å². The third kappa shape index (κ3) is 4.89. The monoisotopic (exact) mass is 389 g/mol. The van der Waals surface area contributed by atoms with E-state index in [2.05, 4.69) is 26.0 Å². The molecule has 1 saturated heterocycles. The van der Waals surface area contributed by atoms with E-state index >= 15 is 0 Å². The zero-order chi connectivity index (χ0) is 19.3. The molecule has 5 nitrogen and oxygen atoms in total. The van der Waals surface area contributed by atoms with Gasteiger partial charge in [0.2, 0.25) is 10.0 Å². The highest BCUT2D eigenvalue weighted by Gasteiger charge is 2.26. The first-order valence-corrected chi connectivity index (χ1v) is 10.8. The van der Waals surface area contributed by atoms with E-state index in [9.17, 15) is 8.42 Å². The average molecular weight is 390 g/mol. The average Bonchev–Trinajstić information content (AvgIpc) is 2.73. The predicted octanol–water partition coefficient (Wildman–Crippen LogP) is 3.80. The van der Waals surface area contributed by atoms with Crippen molar-refractivity contribution in [3.63, 3.8) is 0 Å². The highest BCUT2D eigenvalue weighted by Crippen LogP contribution is 2.23. The van der Waals surface area contributed by atoms with Gasteiger partial charge in [-0.15, -0.1) is 0 Å². The summed E-state index contributed by atoms with van der Waals surface area (Å²) in [5.41, 5.74) is 2.12. The van der Waals surface area contributed by atoms with Gasteiger partial charge in [-0.25, -0.2) is 8.42 Å². The van der Waals surface area contributed by atoms with Crippen molar-refractivity contribution in [2.24, 2.45) is 0 Å². The summed E-state index contributed by atoms with van der Waals surface area (Å²) in [6.45, 7) is 6.37. The summed E-state index contributed by atoms with van der Waals surface area (Å²) in [6, 6.07) is 15.1. The summed E-state index contributed by atoms with van der Waals surface area (Å²) in [6.07, 6.45) is 1.10. The van der Waals surface area contributed by atoms with Crippen LogP contribution in [0.3, 0.4) is 0 Å². The Morgan fingerprint density at radius 1 is 1.11 bits per heavy atom. The van der Waals surface area contributed by atoms with Crippen LogP contribution in [0.1, 0.15) is 37.3 Å². The first-order valence-electron chi connectivity index (χ1n) is 9.40. The van der Waals surface area contributed by atoms with Gasteiger partial charge in [-0.3, -0.25) is 0 Å². The minimum Gasteiger partial charge on any atom is -0.489 e. The van der Waals surface area contributed by atoms with E-state index in [-0.39, 0.29) is 0 Å². The standard InChI is InChI=1S/C21H27NO4S/c1-3-17(2)19-7-9-20(10-8-19)26-16-18-5-4-6-21(15-18)27(23,24)22-11-13-25-14-12-22/h4-10,15,17H,3,11-14,16H2,1-2H3/t17-/m0/s1. The molecule has 146 valence electrons. The maximum absolute atomic E-state index is 12.8. The smallest absolute Gasteiger partial charge is 0.243 e. The van der Waals surface area contributed by atoms with Crippen molar-refractivity contribution < 1.29 is 17.9 Å². The summed E-state index contributed by atoms with van der Waals surface area (Å²) >= 11 is 0. The van der Waals surface area contributed by atoms with Crippen molar-refractivity contribution in [1.82, 2.24) is 4.31 Å². The number of hydrogen-bond donors (Lipinski definition) is 0. The lowest BCUT2D eigenvalue weighted by atomic mass is 9.99. The van der Waals surface area contributed by atoms with E-state index in [4.69, 9.17) is 9.47 Å². The molecule has 0 aliphatic carbocycles. The second kappa shape index (κ2) is 8.87. The Morgan fingerprint density at radius 3 is 2.48 bits per heavy atom. The zero-order valence-corrected chi connectivity index (χ0v) is 16.7. The fourth-order valence-electron chi connectivity index (χ4n) is 3.03. The van der Waals surface area contributed by atoms with Gasteiger partial charge in [-0.05, 0) is 47.7 Å². The molecule has 1 atom stereocenters. The van der Waals surface area contributed by atoms with Crippen molar-refractivity contribution in [2.45, 2.75) is 37.7 Å². The van der Waals surface area contributed by atoms with Crippen molar-refractivity contribution in [3.05, 3.63) is 59.7 Å². The minimum absolute atomic E-state index is 0.303. The molecule has 6 heteroatoms. The predicted molar refractivity (Wildman–Crippen MR) is 105 cm³/mol. The lowest BCUT2D eigenvalue weighted by Crippen LogP contribution is -2.40. The Kier molecular flexibility index (Phi) is 6.52. The lowest BCUT2D eigenvalue weighted by molar-refractivity contribution is 0.0730. The van der Waals surface area contributed by atoms with Crippen molar-refractivity contribution >= 4 is 10.0 Å². The highest BCUT2D eigenvalue weighted by atomic mass is 32.2.